The minimum atomic E-state index is -0.0136. The van der Waals surface area contributed by atoms with E-state index in [1.54, 1.807) is 62.8 Å². The van der Waals surface area contributed by atoms with Crippen molar-refractivity contribution in [3.05, 3.63) is 59.7 Å². The Kier molecular flexibility index (Phi) is 6.30. The molecular weight excluding hydrogens is 252 g/mol. The molecule has 0 fully saturated rings. The Hall–Kier alpha value is -2.29. The number of benzene rings is 2. The van der Waals surface area contributed by atoms with Crippen molar-refractivity contribution in [3.8, 4) is 11.5 Å². The zero-order valence-electron chi connectivity index (χ0n) is 12.3. The van der Waals surface area contributed by atoms with Crippen LogP contribution in [-0.2, 0) is 0 Å². The molecule has 3 nitrogen and oxygen atoms in total. The second kappa shape index (κ2) is 8.00. The number of ether oxygens (including phenoxy) is 2. The van der Waals surface area contributed by atoms with Crippen molar-refractivity contribution in [1.29, 1.82) is 0 Å². The summed E-state index contributed by atoms with van der Waals surface area (Å²) in [6, 6.07) is 14.1. The molecule has 2 aromatic rings. The summed E-state index contributed by atoms with van der Waals surface area (Å²) in [5.41, 5.74) is 1.28. The van der Waals surface area contributed by atoms with Gasteiger partial charge in [0, 0.05) is 11.1 Å². The molecule has 0 N–H and O–H groups in total. The third-order valence-electron chi connectivity index (χ3n) is 2.70. The Balaban J connectivity index is 0.000000956. The van der Waals surface area contributed by atoms with Crippen molar-refractivity contribution in [2.45, 2.75) is 13.8 Å². The molecule has 0 radical (unpaired) electrons. The van der Waals surface area contributed by atoms with Crippen molar-refractivity contribution in [1.82, 2.24) is 0 Å². The van der Waals surface area contributed by atoms with E-state index in [1.165, 1.54) is 0 Å². The third kappa shape index (κ3) is 3.85. The van der Waals surface area contributed by atoms with Gasteiger partial charge in [0.2, 0.25) is 0 Å². The maximum Gasteiger partial charge on any atom is 0.193 e. The van der Waals surface area contributed by atoms with Crippen molar-refractivity contribution in [3.63, 3.8) is 0 Å². The molecule has 2 rings (SSSR count). The highest BCUT2D eigenvalue weighted by molar-refractivity contribution is 6.09. The lowest BCUT2D eigenvalue weighted by Gasteiger charge is -2.04. The number of ketones is 1. The van der Waals surface area contributed by atoms with E-state index in [1.807, 2.05) is 13.8 Å². The van der Waals surface area contributed by atoms with E-state index >= 15 is 0 Å². The third-order valence-corrected chi connectivity index (χ3v) is 2.70. The van der Waals surface area contributed by atoms with E-state index in [0.29, 0.717) is 11.1 Å². The summed E-state index contributed by atoms with van der Waals surface area (Å²) in [6.07, 6.45) is 0. The normalized spacial score (nSPS) is 9.20. The van der Waals surface area contributed by atoms with Crippen LogP contribution in [0.2, 0.25) is 0 Å². The Bertz CT molecular complexity index is 478. The topological polar surface area (TPSA) is 35.5 Å². The predicted molar refractivity (Wildman–Crippen MR) is 80.8 cm³/mol. The first-order chi connectivity index (χ1) is 9.74. The van der Waals surface area contributed by atoms with Gasteiger partial charge in [0.15, 0.2) is 5.78 Å². The molecule has 0 atom stereocenters. The highest BCUT2D eigenvalue weighted by Crippen LogP contribution is 2.17. The van der Waals surface area contributed by atoms with Gasteiger partial charge in [-0.2, -0.15) is 0 Å². The summed E-state index contributed by atoms with van der Waals surface area (Å²) in [7, 11) is 3.20. The molecule has 0 aliphatic heterocycles. The smallest absolute Gasteiger partial charge is 0.193 e. The van der Waals surface area contributed by atoms with Gasteiger partial charge < -0.3 is 9.47 Å². The van der Waals surface area contributed by atoms with Crippen LogP contribution in [0.5, 0.6) is 11.5 Å². The molecule has 0 aromatic heterocycles. The fourth-order valence-electron chi connectivity index (χ4n) is 1.65. The van der Waals surface area contributed by atoms with Gasteiger partial charge >= 0.3 is 0 Å². The molecule has 0 bridgehead atoms. The first kappa shape index (κ1) is 15.8. The fourth-order valence-corrected chi connectivity index (χ4v) is 1.65. The largest absolute Gasteiger partial charge is 0.497 e. The van der Waals surface area contributed by atoms with Crippen LogP contribution in [0.3, 0.4) is 0 Å². The van der Waals surface area contributed by atoms with Gasteiger partial charge in [0.05, 0.1) is 14.2 Å². The average Bonchev–Trinajstić information content (AvgIpc) is 2.56. The van der Waals surface area contributed by atoms with Crippen LogP contribution in [0.25, 0.3) is 0 Å². The first-order valence-electron chi connectivity index (χ1n) is 6.57. The zero-order chi connectivity index (χ0) is 15.0. The maximum atomic E-state index is 12.2. The van der Waals surface area contributed by atoms with E-state index in [0.717, 1.165) is 11.5 Å². The van der Waals surface area contributed by atoms with Crippen molar-refractivity contribution in [2.75, 3.05) is 14.2 Å². The molecule has 0 heterocycles. The Morgan fingerprint density at radius 2 is 1.00 bits per heavy atom. The highest BCUT2D eigenvalue weighted by atomic mass is 16.5. The second-order valence-electron chi connectivity index (χ2n) is 3.79. The number of hydrogen-bond acceptors (Lipinski definition) is 3. The van der Waals surface area contributed by atoms with Crippen LogP contribution in [0.4, 0.5) is 0 Å². The Morgan fingerprint density at radius 1 is 0.700 bits per heavy atom. The predicted octanol–water partition coefficient (Wildman–Crippen LogP) is 3.96. The summed E-state index contributed by atoms with van der Waals surface area (Å²) < 4.78 is 10.1. The number of methoxy groups -OCH3 is 2. The fraction of sp³-hybridized carbons (Fsp3) is 0.235. The van der Waals surface area contributed by atoms with Crippen LogP contribution >= 0.6 is 0 Å². The molecule has 0 aliphatic carbocycles. The second-order valence-corrected chi connectivity index (χ2v) is 3.79. The van der Waals surface area contributed by atoms with Crippen LogP contribution in [-0.4, -0.2) is 20.0 Å². The minimum Gasteiger partial charge on any atom is -0.497 e. The van der Waals surface area contributed by atoms with Crippen LogP contribution in [0.15, 0.2) is 48.5 Å². The maximum absolute atomic E-state index is 12.2. The summed E-state index contributed by atoms with van der Waals surface area (Å²) in [4.78, 5) is 12.2. The lowest BCUT2D eigenvalue weighted by molar-refractivity contribution is 0.103. The summed E-state index contributed by atoms with van der Waals surface area (Å²) in [5, 5.41) is 0. The average molecular weight is 272 g/mol. The summed E-state index contributed by atoms with van der Waals surface area (Å²) in [5.74, 6) is 1.46. The van der Waals surface area contributed by atoms with Gasteiger partial charge in [-0.15, -0.1) is 0 Å². The molecule has 3 heteroatoms. The van der Waals surface area contributed by atoms with Crippen molar-refractivity contribution >= 4 is 5.78 Å². The minimum absolute atomic E-state index is 0.0136. The molecule has 0 saturated heterocycles. The van der Waals surface area contributed by atoms with E-state index in [9.17, 15) is 4.79 Å². The van der Waals surface area contributed by atoms with Crippen molar-refractivity contribution < 1.29 is 14.3 Å². The quantitative estimate of drug-likeness (QED) is 0.790. The molecule has 106 valence electrons. The standard InChI is InChI=1S/C15H14O3.C2H6/c1-17-13-7-3-11(4-8-13)15(16)12-5-9-14(18-2)10-6-12;1-2/h3-10H,1-2H3;1-2H3. The molecule has 0 saturated carbocycles. The van der Waals surface area contributed by atoms with Crippen LogP contribution in [0, 0.1) is 0 Å². The molecule has 20 heavy (non-hydrogen) atoms. The lowest BCUT2D eigenvalue weighted by Crippen LogP contribution is -2.01. The van der Waals surface area contributed by atoms with E-state index < -0.39 is 0 Å². The first-order valence-corrected chi connectivity index (χ1v) is 6.57. The van der Waals surface area contributed by atoms with Crippen molar-refractivity contribution in [2.24, 2.45) is 0 Å². The number of hydrogen-bond donors (Lipinski definition) is 0. The highest BCUT2D eigenvalue weighted by Gasteiger charge is 2.08. The Morgan fingerprint density at radius 3 is 1.25 bits per heavy atom. The van der Waals surface area contributed by atoms with Gasteiger partial charge in [0.25, 0.3) is 0 Å². The summed E-state index contributed by atoms with van der Waals surface area (Å²) >= 11 is 0. The number of rotatable bonds is 4. The van der Waals surface area contributed by atoms with Gasteiger partial charge in [-0.25, -0.2) is 0 Å². The van der Waals surface area contributed by atoms with E-state index in [-0.39, 0.29) is 5.78 Å². The van der Waals surface area contributed by atoms with Crippen LogP contribution < -0.4 is 9.47 Å². The molecule has 0 amide bonds. The van der Waals surface area contributed by atoms with Gasteiger partial charge in [-0.3, -0.25) is 4.79 Å². The Labute approximate surface area is 120 Å². The SMILES string of the molecule is CC.COc1ccc(C(=O)c2ccc(OC)cc2)cc1. The molecular formula is C17H20O3. The molecule has 0 unspecified atom stereocenters. The molecule has 0 spiro atoms. The van der Waals surface area contributed by atoms with Gasteiger partial charge in [-0.1, -0.05) is 13.8 Å². The monoisotopic (exact) mass is 272 g/mol. The zero-order valence-corrected chi connectivity index (χ0v) is 12.3. The van der Waals surface area contributed by atoms with Gasteiger partial charge in [-0.05, 0) is 48.5 Å². The lowest BCUT2D eigenvalue weighted by atomic mass is 10.0. The molecule has 0 aliphatic rings. The number of carbonyl (C=O) groups is 1. The van der Waals surface area contributed by atoms with E-state index in [4.69, 9.17) is 9.47 Å². The summed E-state index contributed by atoms with van der Waals surface area (Å²) in [6.45, 7) is 4.00. The molecule has 2 aromatic carbocycles. The number of carbonyl (C=O) groups excluding carboxylic acids is 1. The van der Waals surface area contributed by atoms with Gasteiger partial charge in [0.1, 0.15) is 11.5 Å². The van der Waals surface area contributed by atoms with Crippen LogP contribution in [0.1, 0.15) is 29.8 Å². The van der Waals surface area contributed by atoms with E-state index in [2.05, 4.69) is 0 Å².